The third-order valence-corrected chi connectivity index (χ3v) is 3.14. The number of nitro groups is 1. The molecule has 0 aliphatic heterocycles. The smallest absolute Gasteiger partial charge is 0.341 e. The van der Waals surface area contributed by atoms with Crippen molar-refractivity contribution in [3.63, 3.8) is 0 Å². The minimum Gasteiger partial charge on any atom is -0.452 e. The molecule has 2 aromatic rings. The molecule has 0 aromatic heterocycles. The SMILES string of the molecule is O=C(COC(=O)c1cc(Cl)ccc1F)Nc1ccc(F)c([N+](=O)[O-])c1. The molecule has 2 rings (SSSR count). The van der Waals surface area contributed by atoms with Crippen LogP contribution in [0.5, 0.6) is 0 Å². The van der Waals surface area contributed by atoms with Gasteiger partial charge >= 0.3 is 11.7 Å². The van der Waals surface area contributed by atoms with E-state index in [9.17, 15) is 28.5 Å². The first-order valence-electron chi connectivity index (χ1n) is 6.64. The zero-order valence-corrected chi connectivity index (χ0v) is 13.0. The number of ether oxygens (including phenoxy) is 1. The van der Waals surface area contributed by atoms with Gasteiger partial charge in [-0.25, -0.2) is 9.18 Å². The molecule has 0 heterocycles. The van der Waals surface area contributed by atoms with Gasteiger partial charge in [0.2, 0.25) is 5.82 Å². The molecule has 0 bridgehead atoms. The van der Waals surface area contributed by atoms with Crippen LogP contribution in [0.25, 0.3) is 0 Å². The number of carbonyl (C=O) groups excluding carboxylic acids is 2. The van der Waals surface area contributed by atoms with Crippen LogP contribution in [-0.2, 0) is 9.53 Å². The molecule has 10 heteroatoms. The largest absolute Gasteiger partial charge is 0.452 e. The lowest BCUT2D eigenvalue weighted by Gasteiger charge is -2.07. The van der Waals surface area contributed by atoms with E-state index in [4.69, 9.17) is 11.6 Å². The molecule has 0 saturated carbocycles. The quantitative estimate of drug-likeness (QED) is 0.494. The van der Waals surface area contributed by atoms with Crippen molar-refractivity contribution in [3.05, 3.63) is 68.7 Å². The van der Waals surface area contributed by atoms with Crippen LogP contribution in [0.1, 0.15) is 10.4 Å². The first kappa shape index (κ1) is 18.3. The maximum absolute atomic E-state index is 13.5. The highest BCUT2D eigenvalue weighted by molar-refractivity contribution is 6.30. The number of benzene rings is 2. The number of nitrogens with zero attached hydrogens (tertiary/aromatic N) is 1. The van der Waals surface area contributed by atoms with E-state index >= 15 is 0 Å². The van der Waals surface area contributed by atoms with Crippen molar-refractivity contribution in [2.45, 2.75) is 0 Å². The Labute approximate surface area is 144 Å². The number of nitrogens with one attached hydrogen (secondary N) is 1. The number of hydrogen-bond donors (Lipinski definition) is 1. The predicted octanol–water partition coefficient (Wildman–Crippen LogP) is 3.32. The third-order valence-electron chi connectivity index (χ3n) is 2.91. The Bertz CT molecular complexity index is 860. The van der Waals surface area contributed by atoms with E-state index in [1.807, 2.05) is 0 Å². The molecule has 0 aliphatic carbocycles. The van der Waals surface area contributed by atoms with Gasteiger partial charge in [-0.2, -0.15) is 4.39 Å². The number of carbonyl (C=O) groups is 2. The van der Waals surface area contributed by atoms with Crippen molar-refractivity contribution < 1.29 is 28.0 Å². The second kappa shape index (κ2) is 7.67. The number of amides is 1. The third kappa shape index (κ3) is 4.70. The van der Waals surface area contributed by atoms with Crippen LogP contribution in [0.3, 0.4) is 0 Å². The van der Waals surface area contributed by atoms with Crippen molar-refractivity contribution in [2.24, 2.45) is 0 Å². The van der Waals surface area contributed by atoms with E-state index < -0.39 is 46.3 Å². The fourth-order valence-corrected chi connectivity index (χ4v) is 1.96. The van der Waals surface area contributed by atoms with E-state index in [0.717, 1.165) is 30.3 Å². The van der Waals surface area contributed by atoms with Gasteiger partial charge in [0, 0.05) is 16.8 Å². The molecule has 25 heavy (non-hydrogen) atoms. The molecule has 0 radical (unpaired) electrons. The minimum atomic E-state index is -1.11. The van der Waals surface area contributed by atoms with Gasteiger partial charge in [-0.15, -0.1) is 0 Å². The molecule has 1 amide bonds. The summed E-state index contributed by atoms with van der Waals surface area (Å²) in [4.78, 5) is 33.1. The summed E-state index contributed by atoms with van der Waals surface area (Å²) < 4.78 is 31.3. The molecular formula is C15H9ClF2N2O5. The van der Waals surface area contributed by atoms with Crippen molar-refractivity contribution >= 4 is 34.9 Å². The monoisotopic (exact) mass is 370 g/mol. The number of hydrogen-bond acceptors (Lipinski definition) is 5. The molecular weight excluding hydrogens is 362 g/mol. The lowest BCUT2D eigenvalue weighted by Crippen LogP contribution is -2.21. The Kier molecular flexibility index (Phi) is 5.60. The minimum absolute atomic E-state index is 0.0666. The van der Waals surface area contributed by atoms with Crippen LogP contribution in [0.15, 0.2) is 36.4 Å². The molecule has 0 saturated heterocycles. The normalized spacial score (nSPS) is 10.2. The molecule has 0 atom stereocenters. The molecule has 0 spiro atoms. The number of halogens is 3. The summed E-state index contributed by atoms with van der Waals surface area (Å²) in [5, 5.41) is 12.9. The van der Waals surface area contributed by atoms with Gasteiger partial charge in [0.1, 0.15) is 5.82 Å². The number of anilines is 1. The lowest BCUT2D eigenvalue weighted by atomic mass is 10.2. The van der Waals surface area contributed by atoms with Crippen LogP contribution in [0.4, 0.5) is 20.2 Å². The molecule has 2 aromatic carbocycles. The number of esters is 1. The average Bonchev–Trinajstić information content (AvgIpc) is 2.56. The molecule has 0 aliphatic rings. The van der Waals surface area contributed by atoms with E-state index in [-0.39, 0.29) is 10.7 Å². The van der Waals surface area contributed by atoms with Crippen molar-refractivity contribution in [1.82, 2.24) is 0 Å². The second-order valence-corrected chi connectivity index (χ2v) is 5.11. The summed E-state index contributed by atoms with van der Waals surface area (Å²) in [7, 11) is 0. The maximum atomic E-state index is 13.5. The Morgan fingerprint density at radius 2 is 1.84 bits per heavy atom. The van der Waals surface area contributed by atoms with Gasteiger partial charge < -0.3 is 10.1 Å². The molecule has 130 valence electrons. The Hall–Kier alpha value is -3.07. The first-order chi connectivity index (χ1) is 11.8. The summed E-state index contributed by atoms with van der Waals surface area (Å²) in [5.74, 6) is -3.90. The van der Waals surface area contributed by atoms with Crippen LogP contribution in [0.2, 0.25) is 5.02 Å². The van der Waals surface area contributed by atoms with Gasteiger partial charge in [-0.1, -0.05) is 11.6 Å². The van der Waals surface area contributed by atoms with Gasteiger partial charge in [-0.05, 0) is 30.3 Å². The number of nitro benzene ring substituents is 1. The summed E-state index contributed by atoms with van der Waals surface area (Å²) >= 11 is 5.64. The number of rotatable bonds is 5. The highest BCUT2D eigenvalue weighted by Crippen LogP contribution is 2.21. The Balaban J connectivity index is 1.99. The lowest BCUT2D eigenvalue weighted by molar-refractivity contribution is -0.387. The van der Waals surface area contributed by atoms with Crippen molar-refractivity contribution in [3.8, 4) is 0 Å². The van der Waals surface area contributed by atoms with E-state index in [1.54, 1.807) is 0 Å². The fraction of sp³-hybridized carbons (Fsp3) is 0.0667. The zero-order chi connectivity index (χ0) is 18.6. The highest BCUT2D eigenvalue weighted by Gasteiger charge is 2.17. The standard InChI is InChI=1S/C15H9ClF2N2O5/c16-8-1-3-11(17)10(5-8)15(22)25-7-14(21)19-9-2-4-12(18)13(6-9)20(23)24/h1-6H,7H2,(H,19,21). The fourth-order valence-electron chi connectivity index (χ4n) is 1.79. The second-order valence-electron chi connectivity index (χ2n) is 4.67. The van der Waals surface area contributed by atoms with E-state index in [2.05, 4.69) is 10.1 Å². The average molecular weight is 371 g/mol. The van der Waals surface area contributed by atoms with Crippen LogP contribution in [0, 0.1) is 21.7 Å². The van der Waals surface area contributed by atoms with Gasteiger partial charge in [0.05, 0.1) is 10.5 Å². The van der Waals surface area contributed by atoms with Gasteiger partial charge in [0.25, 0.3) is 5.91 Å². The van der Waals surface area contributed by atoms with Crippen molar-refractivity contribution in [2.75, 3.05) is 11.9 Å². The van der Waals surface area contributed by atoms with E-state index in [0.29, 0.717) is 0 Å². The summed E-state index contributed by atoms with van der Waals surface area (Å²) in [5.41, 5.74) is -1.34. The molecule has 0 fully saturated rings. The van der Waals surface area contributed by atoms with Crippen molar-refractivity contribution in [1.29, 1.82) is 0 Å². The zero-order valence-electron chi connectivity index (χ0n) is 12.3. The van der Waals surface area contributed by atoms with Crippen LogP contribution in [-0.4, -0.2) is 23.4 Å². The Morgan fingerprint density at radius 3 is 2.52 bits per heavy atom. The molecule has 7 nitrogen and oxygen atoms in total. The van der Waals surface area contributed by atoms with Gasteiger partial charge in [0.15, 0.2) is 6.61 Å². The van der Waals surface area contributed by atoms with Crippen LogP contribution < -0.4 is 5.32 Å². The maximum Gasteiger partial charge on any atom is 0.341 e. The predicted molar refractivity (Wildman–Crippen MR) is 83.4 cm³/mol. The van der Waals surface area contributed by atoms with E-state index in [1.165, 1.54) is 6.07 Å². The van der Waals surface area contributed by atoms with Gasteiger partial charge in [-0.3, -0.25) is 14.9 Å². The summed E-state index contributed by atoms with van der Waals surface area (Å²) in [6.45, 7) is -0.782. The first-order valence-corrected chi connectivity index (χ1v) is 7.01. The van der Waals surface area contributed by atoms with Crippen LogP contribution >= 0.6 is 11.6 Å². The highest BCUT2D eigenvalue weighted by atomic mass is 35.5. The Morgan fingerprint density at radius 1 is 1.16 bits per heavy atom. The molecule has 0 unspecified atom stereocenters. The topological polar surface area (TPSA) is 98.5 Å². The summed E-state index contributed by atoms with van der Waals surface area (Å²) in [6.07, 6.45) is 0. The summed E-state index contributed by atoms with van der Waals surface area (Å²) in [6, 6.07) is 5.96. The molecule has 1 N–H and O–H groups in total.